The number of nitrogens with zero attached hydrogens (tertiary/aromatic N) is 1. The van der Waals surface area contributed by atoms with Crippen molar-refractivity contribution in [2.45, 2.75) is 58.1 Å². The first-order valence-electron chi connectivity index (χ1n) is 6.87. The van der Waals surface area contributed by atoms with E-state index in [1.54, 1.807) is 0 Å². The number of nitrogens with two attached hydrogens (primary N) is 1. The molecule has 0 aliphatic carbocycles. The third kappa shape index (κ3) is 4.40. The number of ether oxygens (including phenoxy) is 1. The molecule has 2 N–H and O–H groups in total. The molecule has 1 aliphatic rings. The van der Waals surface area contributed by atoms with Crippen LogP contribution < -0.4 is 5.73 Å². The van der Waals surface area contributed by atoms with Gasteiger partial charge in [-0.2, -0.15) is 0 Å². The molecule has 1 rings (SSSR count). The average Bonchev–Trinajstić information content (AvgIpc) is 2.35. The molecule has 96 valence electrons. The molecule has 1 fully saturated rings. The smallest absolute Gasteiger partial charge is 0.0700 e. The Kier molecular flexibility index (Phi) is 7.01. The minimum absolute atomic E-state index is 0.425. The molecule has 0 saturated carbocycles. The van der Waals surface area contributed by atoms with Crippen LogP contribution in [0.1, 0.15) is 46.0 Å². The summed E-state index contributed by atoms with van der Waals surface area (Å²) in [6, 6.07) is 0.574. The summed E-state index contributed by atoms with van der Waals surface area (Å²) in [5, 5.41) is 0. The number of hydrogen-bond donors (Lipinski definition) is 1. The Balaban J connectivity index is 2.32. The number of hydrogen-bond acceptors (Lipinski definition) is 3. The van der Waals surface area contributed by atoms with Crippen LogP contribution in [-0.4, -0.2) is 43.3 Å². The molecule has 3 nitrogen and oxygen atoms in total. The van der Waals surface area contributed by atoms with Crippen LogP contribution in [0.25, 0.3) is 0 Å². The van der Waals surface area contributed by atoms with E-state index in [-0.39, 0.29) is 0 Å². The highest BCUT2D eigenvalue weighted by molar-refractivity contribution is 4.78. The molecule has 2 atom stereocenters. The largest absolute Gasteiger partial charge is 0.376 e. The summed E-state index contributed by atoms with van der Waals surface area (Å²) in [7, 11) is 0. The van der Waals surface area contributed by atoms with Gasteiger partial charge in [0.05, 0.1) is 12.7 Å². The van der Waals surface area contributed by atoms with E-state index in [0.717, 1.165) is 32.7 Å². The van der Waals surface area contributed by atoms with Gasteiger partial charge in [0.1, 0.15) is 0 Å². The van der Waals surface area contributed by atoms with Gasteiger partial charge in [0.15, 0.2) is 0 Å². The molecule has 0 amide bonds. The van der Waals surface area contributed by atoms with Gasteiger partial charge >= 0.3 is 0 Å². The summed E-state index contributed by atoms with van der Waals surface area (Å²) >= 11 is 0. The monoisotopic (exact) mass is 228 g/mol. The molecule has 0 aromatic rings. The lowest BCUT2D eigenvalue weighted by Crippen LogP contribution is -2.50. The van der Waals surface area contributed by atoms with E-state index in [9.17, 15) is 0 Å². The maximum Gasteiger partial charge on any atom is 0.0700 e. The molecule has 3 heteroatoms. The normalized spacial score (nSPS) is 24.6. The molecular formula is C13H28N2O. The molecule has 1 aliphatic heterocycles. The minimum atomic E-state index is 0.425. The van der Waals surface area contributed by atoms with Crippen LogP contribution in [-0.2, 0) is 4.74 Å². The molecule has 1 heterocycles. The zero-order valence-corrected chi connectivity index (χ0v) is 11.0. The predicted octanol–water partition coefficient (Wildman–Crippen LogP) is 2.00. The van der Waals surface area contributed by atoms with Crippen LogP contribution in [0, 0.1) is 0 Å². The lowest BCUT2D eigenvalue weighted by Gasteiger charge is -2.37. The van der Waals surface area contributed by atoms with Crippen LogP contribution in [0.15, 0.2) is 0 Å². The second-order valence-corrected chi connectivity index (χ2v) is 4.78. The van der Waals surface area contributed by atoms with Crippen LogP contribution in [0.5, 0.6) is 0 Å². The Morgan fingerprint density at radius 3 is 2.81 bits per heavy atom. The predicted molar refractivity (Wildman–Crippen MR) is 68.6 cm³/mol. The maximum absolute atomic E-state index is 5.89. The van der Waals surface area contributed by atoms with Crippen molar-refractivity contribution in [3.63, 3.8) is 0 Å². The van der Waals surface area contributed by atoms with E-state index in [1.807, 2.05) is 0 Å². The van der Waals surface area contributed by atoms with Crippen molar-refractivity contribution in [2.24, 2.45) is 5.73 Å². The van der Waals surface area contributed by atoms with Crippen LogP contribution in [0.2, 0.25) is 0 Å². The number of morpholine rings is 1. The topological polar surface area (TPSA) is 38.5 Å². The summed E-state index contributed by atoms with van der Waals surface area (Å²) in [5.74, 6) is 0. The first kappa shape index (κ1) is 13.9. The molecule has 2 unspecified atom stereocenters. The summed E-state index contributed by atoms with van der Waals surface area (Å²) in [6.45, 7) is 8.25. The van der Waals surface area contributed by atoms with Crippen molar-refractivity contribution in [3.8, 4) is 0 Å². The van der Waals surface area contributed by atoms with Gasteiger partial charge in [0, 0.05) is 25.7 Å². The SMILES string of the molecule is CCCCCC(CN)N1CCOC(CC)C1. The average molecular weight is 228 g/mol. The van der Waals surface area contributed by atoms with E-state index in [0.29, 0.717) is 12.1 Å². The van der Waals surface area contributed by atoms with Crippen molar-refractivity contribution >= 4 is 0 Å². The number of unbranched alkanes of at least 4 members (excludes halogenated alkanes) is 2. The van der Waals surface area contributed by atoms with Gasteiger partial charge in [0.25, 0.3) is 0 Å². The Morgan fingerprint density at radius 2 is 2.19 bits per heavy atom. The molecule has 0 spiro atoms. The first-order chi connectivity index (χ1) is 7.81. The van der Waals surface area contributed by atoms with Gasteiger partial charge in [0.2, 0.25) is 0 Å². The number of rotatable bonds is 7. The van der Waals surface area contributed by atoms with Crippen molar-refractivity contribution in [3.05, 3.63) is 0 Å². The van der Waals surface area contributed by atoms with Crippen LogP contribution in [0.4, 0.5) is 0 Å². The molecule has 0 aromatic heterocycles. The van der Waals surface area contributed by atoms with Crippen molar-refractivity contribution < 1.29 is 4.74 Å². The lowest BCUT2D eigenvalue weighted by atomic mass is 10.1. The van der Waals surface area contributed by atoms with Crippen LogP contribution >= 0.6 is 0 Å². The molecule has 0 bridgehead atoms. The van der Waals surface area contributed by atoms with Gasteiger partial charge in [-0.3, -0.25) is 4.90 Å². The Labute approximate surface area is 100 Å². The summed E-state index contributed by atoms with van der Waals surface area (Å²) < 4.78 is 5.70. The van der Waals surface area contributed by atoms with E-state index < -0.39 is 0 Å². The lowest BCUT2D eigenvalue weighted by molar-refractivity contribution is -0.0444. The minimum Gasteiger partial charge on any atom is -0.376 e. The Morgan fingerprint density at radius 1 is 1.38 bits per heavy atom. The first-order valence-corrected chi connectivity index (χ1v) is 6.87. The van der Waals surface area contributed by atoms with E-state index >= 15 is 0 Å². The van der Waals surface area contributed by atoms with Gasteiger partial charge in [-0.05, 0) is 12.8 Å². The van der Waals surface area contributed by atoms with E-state index in [1.165, 1.54) is 25.7 Å². The van der Waals surface area contributed by atoms with Gasteiger partial charge in [-0.15, -0.1) is 0 Å². The highest BCUT2D eigenvalue weighted by atomic mass is 16.5. The van der Waals surface area contributed by atoms with Crippen molar-refractivity contribution in [1.82, 2.24) is 4.90 Å². The van der Waals surface area contributed by atoms with Crippen LogP contribution in [0.3, 0.4) is 0 Å². The standard InChI is InChI=1S/C13H28N2O/c1-3-5-6-7-12(10-14)15-8-9-16-13(4-2)11-15/h12-13H,3-11,14H2,1-2H3. The van der Waals surface area contributed by atoms with Gasteiger partial charge < -0.3 is 10.5 Å². The maximum atomic E-state index is 5.89. The highest BCUT2D eigenvalue weighted by Crippen LogP contribution is 2.15. The Hall–Kier alpha value is -0.120. The third-order valence-corrected chi connectivity index (χ3v) is 3.55. The third-order valence-electron chi connectivity index (χ3n) is 3.55. The second kappa shape index (κ2) is 8.04. The van der Waals surface area contributed by atoms with Gasteiger partial charge in [-0.1, -0.05) is 33.1 Å². The quantitative estimate of drug-likeness (QED) is 0.677. The van der Waals surface area contributed by atoms with Crippen molar-refractivity contribution in [2.75, 3.05) is 26.2 Å². The van der Waals surface area contributed by atoms with Crippen molar-refractivity contribution in [1.29, 1.82) is 0 Å². The molecule has 16 heavy (non-hydrogen) atoms. The summed E-state index contributed by atoms with van der Waals surface area (Å²) in [5.41, 5.74) is 5.89. The fourth-order valence-corrected chi connectivity index (χ4v) is 2.40. The molecular weight excluding hydrogens is 200 g/mol. The molecule has 0 aromatic carbocycles. The fraction of sp³-hybridized carbons (Fsp3) is 1.00. The molecule has 1 saturated heterocycles. The highest BCUT2D eigenvalue weighted by Gasteiger charge is 2.24. The summed E-state index contributed by atoms with van der Waals surface area (Å²) in [4.78, 5) is 2.54. The second-order valence-electron chi connectivity index (χ2n) is 4.78. The fourth-order valence-electron chi connectivity index (χ4n) is 2.40. The van der Waals surface area contributed by atoms with Gasteiger partial charge in [-0.25, -0.2) is 0 Å². The van der Waals surface area contributed by atoms with E-state index in [4.69, 9.17) is 10.5 Å². The zero-order valence-electron chi connectivity index (χ0n) is 11.0. The van der Waals surface area contributed by atoms with E-state index in [2.05, 4.69) is 18.7 Å². The Bertz CT molecular complexity index is 175. The zero-order chi connectivity index (χ0) is 11.8. The molecule has 0 radical (unpaired) electrons. The summed E-state index contributed by atoms with van der Waals surface area (Å²) in [6.07, 6.45) is 6.72.